The maximum Gasteiger partial charge on any atom is 0.224 e. The van der Waals surface area contributed by atoms with Crippen molar-refractivity contribution >= 4 is 11.6 Å². The molecule has 3 N–H and O–H groups in total. The Hall–Kier alpha value is -2.57. The Balaban J connectivity index is 1.66. The monoisotopic (exact) mass is 412 g/mol. The van der Waals surface area contributed by atoms with E-state index in [0.717, 1.165) is 24.4 Å². The summed E-state index contributed by atoms with van der Waals surface area (Å²) in [4.78, 5) is 17.9. The standard InChI is InChI=1S/C24H34N4O2/c1-26(2)21-9-7-20(8-10-21)23(28-15-13-27(3)14-16-28)18-25-24(29)17-19-5-11-22(30-4)12-6-19/h5-12,23H,13-18H2,1-4H3,(H,25,29)/p+2/t23-/m1/s1. The number of ether oxygens (including phenoxy) is 1. The number of carbonyl (C=O) groups excluding carboxylic acids is 1. The van der Waals surface area contributed by atoms with Gasteiger partial charge in [-0.15, -0.1) is 0 Å². The van der Waals surface area contributed by atoms with Gasteiger partial charge in [-0.2, -0.15) is 0 Å². The topological polar surface area (TPSA) is 50.4 Å². The van der Waals surface area contributed by atoms with Gasteiger partial charge in [-0.3, -0.25) is 4.79 Å². The van der Waals surface area contributed by atoms with Gasteiger partial charge in [0.05, 0.1) is 27.1 Å². The lowest BCUT2D eigenvalue weighted by Gasteiger charge is -2.33. The third kappa shape index (κ3) is 5.97. The Morgan fingerprint density at radius 3 is 2.23 bits per heavy atom. The van der Waals surface area contributed by atoms with Crippen LogP contribution in [0.2, 0.25) is 0 Å². The fourth-order valence-electron chi connectivity index (χ4n) is 4.06. The van der Waals surface area contributed by atoms with Crippen LogP contribution in [-0.2, 0) is 11.2 Å². The highest BCUT2D eigenvalue weighted by Gasteiger charge is 2.29. The van der Waals surface area contributed by atoms with Crippen molar-refractivity contribution in [1.29, 1.82) is 0 Å². The van der Waals surface area contributed by atoms with Gasteiger partial charge in [-0.1, -0.05) is 24.3 Å². The summed E-state index contributed by atoms with van der Waals surface area (Å²) in [7, 11) is 8.02. The number of nitrogens with one attached hydrogen (secondary N) is 3. The molecule has 0 radical (unpaired) electrons. The van der Waals surface area contributed by atoms with E-state index in [-0.39, 0.29) is 11.9 Å². The van der Waals surface area contributed by atoms with Gasteiger partial charge in [0, 0.05) is 25.3 Å². The van der Waals surface area contributed by atoms with Crippen LogP contribution in [0.4, 0.5) is 5.69 Å². The van der Waals surface area contributed by atoms with Crippen molar-refractivity contribution in [3.8, 4) is 5.75 Å². The summed E-state index contributed by atoms with van der Waals surface area (Å²) in [5.41, 5.74) is 3.48. The van der Waals surface area contributed by atoms with E-state index in [0.29, 0.717) is 13.0 Å². The van der Waals surface area contributed by atoms with Gasteiger partial charge in [-0.05, 0) is 29.8 Å². The largest absolute Gasteiger partial charge is 0.497 e. The first-order chi connectivity index (χ1) is 14.5. The van der Waals surface area contributed by atoms with E-state index in [9.17, 15) is 4.79 Å². The second-order valence-electron chi connectivity index (χ2n) is 8.48. The van der Waals surface area contributed by atoms with Gasteiger partial charge >= 0.3 is 0 Å². The van der Waals surface area contributed by atoms with Gasteiger partial charge in [0.25, 0.3) is 0 Å². The molecule has 30 heavy (non-hydrogen) atoms. The van der Waals surface area contributed by atoms with Crippen molar-refractivity contribution in [2.45, 2.75) is 12.5 Å². The van der Waals surface area contributed by atoms with Gasteiger partial charge < -0.3 is 24.8 Å². The van der Waals surface area contributed by atoms with Crippen molar-refractivity contribution < 1.29 is 19.3 Å². The second-order valence-corrected chi connectivity index (χ2v) is 8.48. The third-order valence-corrected chi connectivity index (χ3v) is 6.08. The molecular weight excluding hydrogens is 376 g/mol. The number of hydrogen-bond donors (Lipinski definition) is 3. The molecule has 2 aromatic carbocycles. The predicted octanol–water partition coefficient (Wildman–Crippen LogP) is -0.426. The Labute approximate surface area is 180 Å². The number of likely N-dealkylation sites (N-methyl/N-ethyl adjacent to an activating group) is 1. The molecule has 2 aromatic rings. The maximum absolute atomic E-state index is 12.6. The molecule has 0 aromatic heterocycles. The molecule has 162 valence electrons. The molecule has 1 heterocycles. The van der Waals surface area contributed by atoms with E-state index in [1.54, 1.807) is 16.9 Å². The van der Waals surface area contributed by atoms with E-state index in [1.807, 2.05) is 24.3 Å². The zero-order valence-corrected chi connectivity index (χ0v) is 18.7. The Kier molecular flexibility index (Phi) is 7.71. The average molecular weight is 413 g/mol. The fraction of sp³-hybridized carbons (Fsp3) is 0.458. The molecule has 1 fully saturated rings. The minimum absolute atomic E-state index is 0.0641. The molecule has 0 aliphatic carbocycles. The number of quaternary nitrogens is 2. The Morgan fingerprint density at radius 1 is 1.03 bits per heavy atom. The molecule has 0 unspecified atom stereocenters. The molecule has 3 rings (SSSR count). The number of benzene rings is 2. The third-order valence-electron chi connectivity index (χ3n) is 6.08. The minimum Gasteiger partial charge on any atom is -0.497 e. The van der Waals surface area contributed by atoms with Crippen molar-refractivity contribution in [2.75, 3.05) is 65.9 Å². The number of carbonyl (C=O) groups is 1. The quantitative estimate of drug-likeness (QED) is 0.552. The predicted molar refractivity (Wildman–Crippen MR) is 121 cm³/mol. The maximum atomic E-state index is 12.6. The van der Waals surface area contributed by atoms with Crippen LogP contribution in [0.3, 0.4) is 0 Å². The summed E-state index contributed by atoms with van der Waals surface area (Å²) < 4.78 is 5.19. The molecule has 1 aliphatic heterocycles. The van der Waals surface area contributed by atoms with Gasteiger partial charge in [0.15, 0.2) is 0 Å². The van der Waals surface area contributed by atoms with Crippen LogP contribution in [0.1, 0.15) is 17.2 Å². The molecule has 1 saturated heterocycles. The highest BCUT2D eigenvalue weighted by molar-refractivity contribution is 5.78. The summed E-state index contributed by atoms with van der Waals surface area (Å²) in [5.74, 6) is 0.871. The van der Waals surface area contributed by atoms with E-state index < -0.39 is 0 Å². The first kappa shape index (κ1) is 22.1. The van der Waals surface area contributed by atoms with Crippen molar-refractivity contribution in [3.63, 3.8) is 0 Å². The van der Waals surface area contributed by atoms with Crippen LogP contribution in [0.15, 0.2) is 48.5 Å². The molecule has 6 heteroatoms. The van der Waals surface area contributed by atoms with Crippen LogP contribution < -0.4 is 24.8 Å². The number of nitrogens with zero attached hydrogens (tertiary/aromatic N) is 1. The lowest BCUT2D eigenvalue weighted by molar-refractivity contribution is -1.02. The summed E-state index contributed by atoms with van der Waals surface area (Å²) in [6.45, 7) is 5.24. The first-order valence-electron chi connectivity index (χ1n) is 10.8. The van der Waals surface area contributed by atoms with E-state index in [1.165, 1.54) is 24.3 Å². The summed E-state index contributed by atoms with van der Waals surface area (Å²) in [6.07, 6.45) is 0.387. The van der Waals surface area contributed by atoms with Crippen molar-refractivity contribution in [3.05, 3.63) is 59.7 Å². The molecule has 0 saturated carbocycles. The first-order valence-corrected chi connectivity index (χ1v) is 10.8. The number of hydrogen-bond acceptors (Lipinski definition) is 3. The molecule has 6 nitrogen and oxygen atoms in total. The second kappa shape index (κ2) is 10.5. The molecular formula is C24H36N4O2+2. The van der Waals surface area contributed by atoms with Gasteiger partial charge in [0.2, 0.25) is 5.91 Å². The summed E-state index contributed by atoms with van der Waals surface area (Å²) >= 11 is 0. The fourth-order valence-corrected chi connectivity index (χ4v) is 4.06. The zero-order valence-electron chi connectivity index (χ0n) is 18.7. The van der Waals surface area contributed by atoms with E-state index in [4.69, 9.17) is 4.74 Å². The zero-order chi connectivity index (χ0) is 21.5. The van der Waals surface area contributed by atoms with Crippen molar-refractivity contribution in [2.24, 2.45) is 0 Å². The molecule has 1 atom stereocenters. The Morgan fingerprint density at radius 2 is 1.67 bits per heavy atom. The van der Waals surface area contributed by atoms with Crippen LogP contribution in [0.5, 0.6) is 5.75 Å². The van der Waals surface area contributed by atoms with Gasteiger partial charge in [-0.25, -0.2) is 0 Å². The van der Waals surface area contributed by atoms with Crippen LogP contribution in [0, 0.1) is 0 Å². The number of amides is 1. The average Bonchev–Trinajstić information content (AvgIpc) is 2.76. The van der Waals surface area contributed by atoms with Crippen LogP contribution >= 0.6 is 0 Å². The number of anilines is 1. The number of piperazine rings is 1. The van der Waals surface area contributed by atoms with Gasteiger partial charge in [0.1, 0.15) is 38.0 Å². The van der Waals surface area contributed by atoms with Crippen LogP contribution in [-0.4, -0.2) is 66.9 Å². The Bertz CT molecular complexity index is 797. The molecule has 1 amide bonds. The normalized spacial score (nSPS) is 19.7. The highest BCUT2D eigenvalue weighted by Crippen LogP contribution is 2.16. The van der Waals surface area contributed by atoms with Crippen molar-refractivity contribution in [1.82, 2.24) is 5.32 Å². The number of rotatable bonds is 8. The SMILES string of the molecule is COc1ccc(CC(=O)NC[C@H](c2ccc(N(C)C)cc2)[NH+]2CC[NH+](C)CC2)cc1. The highest BCUT2D eigenvalue weighted by atomic mass is 16.5. The minimum atomic E-state index is 0.0641. The van der Waals surface area contributed by atoms with E-state index in [2.05, 4.69) is 55.6 Å². The summed E-state index contributed by atoms with van der Waals surface area (Å²) in [6, 6.07) is 16.7. The molecule has 0 spiro atoms. The summed E-state index contributed by atoms with van der Waals surface area (Å²) in [5, 5.41) is 3.20. The van der Waals surface area contributed by atoms with E-state index >= 15 is 0 Å². The molecule has 0 bridgehead atoms. The lowest BCUT2D eigenvalue weighted by Crippen LogP contribution is -3.27. The lowest BCUT2D eigenvalue weighted by atomic mass is 10.0. The number of methoxy groups -OCH3 is 1. The smallest absolute Gasteiger partial charge is 0.224 e. The molecule has 1 aliphatic rings. The van der Waals surface area contributed by atoms with Crippen LogP contribution in [0.25, 0.3) is 0 Å².